The van der Waals surface area contributed by atoms with E-state index in [0.29, 0.717) is 4.73 Å². The highest BCUT2D eigenvalue weighted by molar-refractivity contribution is 5.91. The van der Waals surface area contributed by atoms with Crippen LogP contribution in [0.3, 0.4) is 0 Å². The van der Waals surface area contributed by atoms with Crippen LogP contribution in [0.5, 0.6) is 0 Å². The van der Waals surface area contributed by atoms with Crippen molar-refractivity contribution in [2.24, 2.45) is 0 Å². The maximum Gasteiger partial charge on any atom is 0.339 e. The second-order valence-corrected chi connectivity index (χ2v) is 2.24. The number of methoxy groups -OCH3 is 1. The first kappa shape index (κ1) is 9.00. The number of pyridine rings is 1. The third-order valence-electron chi connectivity index (χ3n) is 1.46. The van der Waals surface area contributed by atoms with Crippen LogP contribution in [0.25, 0.3) is 0 Å². The molecule has 0 fully saturated rings. The molecule has 5 nitrogen and oxygen atoms in total. The van der Waals surface area contributed by atoms with Crippen molar-refractivity contribution in [2.45, 2.75) is 0 Å². The van der Waals surface area contributed by atoms with Gasteiger partial charge in [0.1, 0.15) is 11.6 Å². The number of nitriles is 1. The highest BCUT2D eigenvalue weighted by Crippen LogP contribution is 2.05. The molecule has 1 aromatic rings. The number of hydrogen-bond acceptors (Lipinski definition) is 4. The van der Waals surface area contributed by atoms with Crippen LogP contribution in [-0.2, 0) is 4.74 Å². The van der Waals surface area contributed by atoms with Gasteiger partial charge in [-0.15, -0.1) is 0 Å². The van der Waals surface area contributed by atoms with Crippen LogP contribution in [0.15, 0.2) is 18.5 Å². The number of nitrogens with zero attached hydrogens (tertiary/aromatic N) is 2. The van der Waals surface area contributed by atoms with Crippen LogP contribution in [0.2, 0.25) is 0 Å². The summed E-state index contributed by atoms with van der Waals surface area (Å²) in [6, 6.07) is 2.98. The third-order valence-corrected chi connectivity index (χ3v) is 1.46. The van der Waals surface area contributed by atoms with E-state index in [1.54, 1.807) is 6.07 Å². The molecular formula is C8H6N2O3. The van der Waals surface area contributed by atoms with Gasteiger partial charge in [0.15, 0.2) is 12.4 Å². The second-order valence-electron chi connectivity index (χ2n) is 2.24. The van der Waals surface area contributed by atoms with Crippen LogP contribution in [0, 0.1) is 16.5 Å². The van der Waals surface area contributed by atoms with E-state index in [4.69, 9.17) is 5.26 Å². The highest BCUT2D eigenvalue weighted by Gasteiger charge is 2.13. The molecule has 0 atom stereocenters. The fourth-order valence-corrected chi connectivity index (χ4v) is 0.855. The molecule has 0 aromatic carbocycles. The molecule has 66 valence electrons. The maximum atomic E-state index is 11.0. The molecule has 0 aliphatic carbocycles. The summed E-state index contributed by atoms with van der Waals surface area (Å²) in [5, 5.41) is 19.3. The summed E-state index contributed by atoms with van der Waals surface area (Å²) in [6.45, 7) is 0. The van der Waals surface area contributed by atoms with Gasteiger partial charge < -0.3 is 9.94 Å². The lowest BCUT2D eigenvalue weighted by Gasteiger charge is -2.00. The predicted molar refractivity (Wildman–Crippen MR) is 41.5 cm³/mol. The summed E-state index contributed by atoms with van der Waals surface area (Å²) in [5.74, 6) is -0.628. The highest BCUT2D eigenvalue weighted by atomic mass is 16.5. The van der Waals surface area contributed by atoms with Crippen molar-refractivity contribution < 1.29 is 14.3 Å². The molecule has 1 aromatic heterocycles. The molecule has 5 heteroatoms. The summed E-state index contributed by atoms with van der Waals surface area (Å²) >= 11 is 0. The lowest BCUT2D eigenvalue weighted by Crippen LogP contribution is -2.26. The number of carbonyl (C=O) groups excluding carboxylic acids is 1. The Morgan fingerprint density at radius 3 is 3.00 bits per heavy atom. The quantitative estimate of drug-likeness (QED) is 0.344. The smallest absolute Gasteiger partial charge is 0.339 e. The van der Waals surface area contributed by atoms with Crippen LogP contribution in [-0.4, -0.2) is 13.1 Å². The van der Waals surface area contributed by atoms with Crippen molar-refractivity contribution >= 4 is 5.97 Å². The number of rotatable bonds is 1. The first-order chi connectivity index (χ1) is 6.19. The van der Waals surface area contributed by atoms with E-state index in [-0.39, 0.29) is 11.1 Å². The molecule has 0 bridgehead atoms. The molecule has 0 N–H and O–H groups in total. The van der Waals surface area contributed by atoms with Crippen LogP contribution in [0.1, 0.15) is 15.9 Å². The summed E-state index contributed by atoms with van der Waals surface area (Å²) in [5.41, 5.74) is 0.0986. The maximum absolute atomic E-state index is 11.0. The van der Waals surface area contributed by atoms with Gasteiger partial charge >= 0.3 is 5.97 Å². The summed E-state index contributed by atoms with van der Waals surface area (Å²) in [6.07, 6.45) is 2.15. The minimum Gasteiger partial charge on any atom is -0.619 e. The van der Waals surface area contributed by atoms with Gasteiger partial charge in [-0.2, -0.15) is 9.99 Å². The molecule has 1 heterocycles. The Morgan fingerprint density at radius 1 is 1.77 bits per heavy atom. The van der Waals surface area contributed by atoms with E-state index in [1.807, 2.05) is 0 Å². The minimum absolute atomic E-state index is 0.00403. The molecule has 0 saturated carbocycles. The average molecular weight is 178 g/mol. The summed E-state index contributed by atoms with van der Waals surface area (Å²) in [7, 11) is 1.21. The molecule has 13 heavy (non-hydrogen) atoms. The second kappa shape index (κ2) is 3.54. The normalized spacial score (nSPS) is 8.92. The van der Waals surface area contributed by atoms with Crippen LogP contribution >= 0.6 is 0 Å². The molecule has 1 rings (SSSR count). The number of hydrogen-bond donors (Lipinski definition) is 0. The molecule has 0 aliphatic rings. The van der Waals surface area contributed by atoms with Crippen molar-refractivity contribution in [3.8, 4) is 6.07 Å². The summed E-state index contributed by atoms with van der Waals surface area (Å²) in [4.78, 5) is 11.0. The molecule has 0 spiro atoms. The summed E-state index contributed by atoms with van der Waals surface area (Å²) < 4.78 is 4.87. The Labute approximate surface area is 74.4 Å². The van der Waals surface area contributed by atoms with E-state index in [0.717, 1.165) is 12.4 Å². The Morgan fingerprint density at radius 2 is 2.46 bits per heavy atom. The average Bonchev–Trinajstić information content (AvgIpc) is 2.16. The van der Waals surface area contributed by atoms with E-state index in [1.165, 1.54) is 13.2 Å². The zero-order valence-electron chi connectivity index (χ0n) is 6.85. The van der Waals surface area contributed by atoms with E-state index >= 15 is 0 Å². The van der Waals surface area contributed by atoms with E-state index < -0.39 is 5.97 Å². The van der Waals surface area contributed by atoms with Crippen molar-refractivity contribution in [2.75, 3.05) is 7.11 Å². The lowest BCUT2D eigenvalue weighted by atomic mass is 10.1. The van der Waals surface area contributed by atoms with E-state index in [9.17, 15) is 10.0 Å². The van der Waals surface area contributed by atoms with Gasteiger partial charge in [0.2, 0.25) is 0 Å². The van der Waals surface area contributed by atoms with Gasteiger partial charge in [0, 0.05) is 6.07 Å². The minimum atomic E-state index is -0.628. The van der Waals surface area contributed by atoms with Crippen LogP contribution < -0.4 is 4.73 Å². The number of esters is 1. The zero-order valence-corrected chi connectivity index (χ0v) is 6.85. The Kier molecular flexibility index (Phi) is 2.45. The van der Waals surface area contributed by atoms with Crippen molar-refractivity contribution in [3.63, 3.8) is 0 Å². The van der Waals surface area contributed by atoms with Crippen molar-refractivity contribution in [1.29, 1.82) is 5.26 Å². The third kappa shape index (κ3) is 1.73. The van der Waals surface area contributed by atoms with Gasteiger partial charge in [-0.1, -0.05) is 0 Å². The monoisotopic (exact) mass is 178 g/mol. The first-order valence-electron chi connectivity index (χ1n) is 3.40. The number of carbonyl (C=O) groups is 1. The molecular weight excluding hydrogens is 172 g/mol. The van der Waals surface area contributed by atoms with Gasteiger partial charge in [-0.25, -0.2) is 4.79 Å². The lowest BCUT2D eigenvalue weighted by molar-refractivity contribution is -0.605. The Balaban J connectivity index is 3.23. The topological polar surface area (TPSA) is 77.0 Å². The molecule has 0 unspecified atom stereocenters. The van der Waals surface area contributed by atoms with Gasteiger partial charge in [-0.05, 0) is 0 Å². The standard InChI is InChI=1S/C8H6N2O3/c1-13-8(11)7-2-3-10(12)5-6(7)4-9/h2-3,5H,1H3. The van der Waals surface area contributed by atoms with Crippen LogP contribution in [0.4, 0.5) is 0 Å². The zero-order chi connectivity index (χ0) is 9.84. The fourth-order valence-electron chi connectivity index (χ4n) is 0.855. The van der Waals surface area contributed by atoms with Gasteiger partial charge in [0.05, 0.1) is 12.7 Å². The molecule has 0 saturated heterocycles. The molecule has 0 aliphatic heterocycles. The Bertz CT molecular complexity index is 381. The Hall–Kier alpha value is -2.09. The first-order valence-corrected chi connectivity index (χ1v) is 3.40. The SMILES string of the molecule is COC(=O)c1cc[n+]([O-])cc1C#N. The predicted octanol–water partition coefficient (Wildman–Crippen LogP) is -0.0217. The largest absolute Gasteiger partial charge is 0.619 e. The fraction of sp³-hybridized carbons (Fsp3) is 0.125. The van der Waals surface area contributed by atoms with Gasteiger partial charge in [-0.3, -0.25) is 0 Å². The molecule has 0 amide bonds. The number of aromatic nitrogens is 1. The van der Waals surface area contributed by atoms with Crippen molar-refractivity contribution in [3.05, 3.63) is 34.8 Å². The van der Waals surface area contributed by atoms with E-state index in [2.05, 4.69) is 4.74 Å². The van der Waals surface area contributed by atoms with Gasteiger partial charge in [0.25, 0.3) is 0 Å². The van der Waals surface area contributed by atoms with Crippen molar-refractivity contribution in [1.82, 2.24) is 0 Å². The number of ether oxygens (including phenoxy) is 1. The molecule has 0 radical (unpaired) electrons.